The molecule has 18 heavy (non-hydrogen) atoms. The molecule has 0 atom stereocenters. The van der Waals surface area contributed by atoms with Gasteiger partial charge in [-0.3, -0.25) is 4.90 Å². The van der Waals surface area contributed by atoms with Crippen LogP contribution in [0, 0.1) is 5.41 Å². The van der Waals surface area contributed by atoms with E-state index in [0.717, 1.165) is 39.3 Å². The number of aliphatic hydroxyl groups is 2. The van der Waals surface area contributed by atoms with Crippen molar-refractivity contribution in [2.24, 2.45) is 5.41 Å². The smallest absolute Gasteiger partial charge is 0.0558 e. The van der Waals surface area contributed by atoms with Crippen LogP contribution in [0.4, 0.5) is 0 Å². The van der Waals surface area contributed by atoms with Crippen LogP contribution in [0.1, 0.15) is 32.1 Å². The molecule has 0 aromatic carbocycles. The highest BCUT2D eigenvalue weighted by molar-refractivity contribution is 4.87. The standard InChI is InChI=1S/C14H28N2O2/c17-11-10-15-6-8-16(9-7-15)12-14(13-18)4-2-1-3-5-14/h17-18H,1-13H2. The van der Waals surface area contributed by atoms with Crippen molar-refractivity contribution in [3.63, 3.8) is 0 Å². The minimum atomic E-state index is 0.178. The largest absolute Gasteiger partial charge is 0.396 e. The van der Waals surface area contributed by atoms with Crippen molar-refractivity contribution in [3.05, 3.63) is 0 Å². The first-order valence-electron chi connectivity index (χ1n) is 7.44. The van der Waals surface area contributed by atoms with E-state index in [4.69, 9.17) is 5.11 Å². The molecule has 4 heteroatoms. The summed E-state index contributed by atoms with van der Waals surface area (Å²) >= 11 is 0. The lowest BCUT2D eigenvalue weighted by atomic mass is 9.74. The summed E-state index contributed by atoms with van der Waals surface area (Å²) in [5.41, 5.74) is 0.178. The fourth-order valence-electron chi connectivity index (χ4n) is 3.45. The molecule has 1 aliphatic carbocycles. The van der Waals surface area contributed by atoms with Gasteiger partial charge in [0.05, 0.1) is 6.61 Å². The first-order chi connectivity index (χ1) is 8.78. The average molecular weight is 256 g/mol. The number of aliphatic hydroxyl groups excluding tert-OH is 2. The third-order valence-electron chi connectivity index (χ3n) is 4.69. The molecule has 2 N–H and O–H groups in total. The van der Waals surface area contributed by atoms with E-state index in [1.165, 1.54) is 32.1 Å². The summed E-state index contributed by atoms with van der Waals surface area (Å²) < 4.78 is 0. The Morgan fingerprint density at radius 1 is 0.833 bits per heavy atom. The number of hydrogen-bond donors (Lipinski definition) is 2. The molecule has 2 aliphatic rings. The Hall–Kier alpha value is -0.160. The monoisotopic (exact) mass is 256 g/mol. The number of β-amino-alcohol motifs (C(OH)–C–C–N with tert-alkyl or cyclic N) is 1. The topological polar surface area (TPSA) is 46.9 Å². The normalized spacial score (nSPS) is 26.3. The van der Waals surface area contributed by atoms with Crippen LogP contribution >= 0.6 is 0 Å². The van der Waals surface area contributed by atoms with Crippen LogP contribution in [0.3, 0.4) is 0 Å². The minimum Gasteiger partial charge on any atom is -0.396 e. The van der Waals surface area contributed by atoms with Crippen LogP contribution in [-0.4, -0.2) is 72.5 Å². The zero-order valence-electron chi connectivity index (χ0n) is 11.5. The van der Waals surface area contributed by atoms with Crippen LogP contribution in [0.5, 0.6) is 0 Å². The van der Waals surface area contributed by atoms with Crippen molar-refractivity contribution in [3.8, 4) is 0 Å². The van der Waals surface area contributed by atoms with Crippen LogP contribution in [-0.2, 0) is 0 Å². The summed E-state index contributed by atoms with van der Waals surface area (Å²) in [4.78, 5) is 4.83. The highest BCUT2D eigenvalue weighted by Crippen LogP contribution is 2.36. The van der Waals surface area contributed by atoms with Gasteiger partial charge in [0.15, 0.2) is 0 Å². The molecule has 1 heterocycles. The lowest BCUT2D eigenvalue weighted by Crippen LogP contribution is -2.51. The van der Waals surface area contributed by atoms with Gasteiger partial charge in [-0.25, -0.2) is 0 Å². The predicted octanol–water partition coefficient (Wildman–Crippen LogP) is 0.539. The van der Waals surface area contributed by atoms with Gasteiger partial charge in [0.1, 0.15) is 0 Å². The Morgan fingerprint density at radius 2 is 1.44 bits per heavy atom. The Morgan fingerprint density at radius 3 is 2.00 bits per heavy atom. The lowest BCUT2D eigenvalue weighted by Gasteiger charge is -2.43. The van der Waals surface area contributed by atoms with E-state index in [9.17, 15) is 5.11 Å². The molecule has 0 bridgehead atoms. The van der Waals surface area contributed by atoms with E-state index in [0.29, 0.717) is 6.61 Å². The van der Waals surface area contributed by atoms with E-state index >= 15 is 0 Å². The summed E-state index contributed by atoms with van der Waals surface area (Å²) in [5.74, 6) is 0. The number of hydrogen-bond acceptors (Lipinski definition) is 4. The van der Waals surface area contributed by atoms with Gasteiger partial charge >= 0.3 is 0 Å². The van der Waals surface area contributed by atoms with Gasteiger partial charge in [-0.2, -0.15) is 0 Å². The molecule has 2 rings (SSSR count). The van der Waals surface area contributed by atoms with E-state index in [1.807, 2.05) is 0 Å². The van der Waals surface area contributed by atoms with Gasteiger partial charge in [0, 0.05) is 51.3 Å². The first kappa shape index (κ1) is 14.3. The number of rotatable bonds is 5. The molecule has 0 spiro atoms. The highest BCUT2D eigenvalue weighted by Gasteiger charge is 2.34. The average Bonchev–Trinajstić information content (AvgIpc) is 2.42. The summed E-state index contributed by atoms with van der Waals surface area (Å²) in [6, 6.07) is 0. The van der Waals surface area contributed by atoms with Crippen molar-refractivity contribution < 1.29 is 10.2 Å². The molecule has 0 amide bonds. The maximum atomic E-state index is 9.74. The number of piperazine rings is 1. The zero-order chi connectivity index (χ0) is 12.8. The van der Waals surface area contributed by atoms with Gasteiger partial charge in [0.25, 0.3) is 0 Å². The molecule has 0 radical (unpaired) electrons. The molecule has 4 nitrogen and oxygen atoms in total. The summed E-state index contributed by atoms with van der Waals surface area (Å²) in [5, 5.41) is 18.7. The summed E-state index contributed by atoms with van der Waals surface area (Å²) in [7, 11) is 0. The van der Waals surface area contributed by atoms with Gasteiger partial charge in [-0.1, -0.05) is 19.3 Å². The quantitative estimate of drug-likeness (QED) is 0.754. The molecule has 1 saturated carbocycles. The van der Waals surface area contributed by atoms with Gasteiger partial charge < -0.3 is 15.1 Å². The molecular weight excluding hydrogens is 228 g/mol. The Balaban J connectivity index is 1.79. The Labute approximate surface area is 111 Å². The maximum absolute atomic E-state index is 9.74. The van der Waals surface area contributed by atoms with E-state index in [-0.39, 0.29) is 12.0 Å². The van der Waals surface area contributed by atoms with E-state index in [2.05, 4.69) is 9.80 Å². The second kappa shape index (κ2) is 6.85. The molecule has 106 valence electrons. The van der Waals surface area contributed by atoms with Gasteiger partial charge in [0.2, 0.25) is 0 Å². The number of nitrogens with zero attached hydrogens (tertiary/aromatic N) is 2. The molecule has 1 aliphatic heterocycles. The van der Waals surface area contributed by atoms with Gasteiger partial charge in [-0.05, 0) is 12.8 Å². The molecule has 1 saturated heterocycles. The molecule has 2 fully saturated rings. The van der Waals surface area contributed by atoms with Crippen LogP contribution in [0.2, 0.25) is 0 Å². The Kier molecular flexibility index (Phi) is 5.42. The minimum absolute atomic E-state index is 0.178. The lowest BCUT2D eigenvalue weighted by molar-refractivity contribution is 0.0195. The fraction of sp³-hybridized carbons (Fsp3) is 1.00. The van der Waals surface area contributed by atoms with Crippen LogP contribution in [0.25, 0.3) is 0 Å². The second-order valence-corrected chi connectivity index (χ2v) is 6.06. The van der Waals surface area contributed by atoms with Crippen LogP contribution in [0.15, 0.2) is 0 Å². The summed E-state index contributed by atoms with van der Waals surface area (Å²) in [6.45, 7) is 6.77. The van der Waals surface area contributed by atoms with E-state index in [1.54, 1.807) is 0 Å². The highest BCUT2D eigenvalue weighted by atomic mass is 16.3. The SMILES string of the molecule is OCCN1CCN(CC2(CO)CCCCC2)CC1. The molecule has 0 aromatic rings. The van der Waals surface area contributed by atoms with Crippen molar-refractivity contribution in [1.29, 1.82) is 0 Å². The maximum Gasteiger partial charge on any atom is 0.0558 e. The molecule has 0 aromatic heterocycles. The van der Waals surface area contributed by atoms with Gasteiger partial charge in [-0.15, -0.1) is 0 Å². The van der Waals surface area contributed by atoms with Crippen molar-refractivity contribution in [2.75, 3.05) is 52.5 Å². The third-order valence-corrected chi connectivity index (χ3v) is 4.69. The second-order valence-electron chi connectivity index (χ2n) is 6.06. The fourth-order valence-corrected chi connectivity index (χ4v) is 3.45. The molecule has 0 unspecified atom stereocenters. The molecular formula is C14H28N2O2. The third kappa shape index (κ3) is 3.67. The van der Waals surface area contributed by atoms with Crippen molar-refractivity contribution >= 4 is 0 Å². The zero-order valence-corrected chi connectivity index (χ0v) is 11.5. The Bertz CT molecular complexity index is 234. The van der Waals surface area contributed by atoms with Crippen LogP contribution < -0.4 is 0 Å². The predicted molar refractivity (Wildman–Crippen MR) is 72.6 cm³/mol. The van der Waals surface area contributed by atoms with Crippen molar-refractivity contribution in [2.45, 2.75) is 32.1 Å². The van der Waals surface area contributed by atoms with Crippen molar-refractivity contribution in [1.82, 2.24) is 9.80 Å². The van der Waals surface area contributed by atoms with E-state index < -0.39 is 0 Å². The summed E-state index contributed by atoms with van der Waals surface area (Å²) in [6.07, 6.45) is 6.29. The first-order valence-corrected chi connectivity index (χ1v) is 7.44.